The van der Waals surface area contributed by atoms with Crippen LogP contribution in [0.2, 0.25) is 10.0 Å². The molecular weight excluding hydrogens is 289 g/mol. The summed E-state index contributed by atoms with van der Waals surface area (Å²) in [6, 6.07) is 12.3. The number of aryl methyl sites for hydroxylation is 2. The normalized spacial score (nSPS) is 11.2. The fourth-order valence-electron chi connectivity index (χ4n) is 2.51. The summed E-state index contributed by atoms with van der Waals surface area (Å²) in [6.45, 7) is 5.08. The number of halogens is 2. The van der Waals surface area contributed by atoms with Crippen molar-refractivity contribution in [3.8, 4) is 0 Å². The van der Waals surface area contributed by atoms with Crippen LogP contribution in [0.3, 0.4) is 0 Å². The second-order valence-corrected chi connectivity index (χ2v) is 6.04. The molecule has 0 amide bonds. The highest BCUT2D eigenvalue weighted by molar-refractivity contribution is 6.38. The standard InChI is InChI=1S/C17H15Cl2N/c1-11-3-4-12(2)13(7-11)10-20-6-5-15-16(19)8-14(18)9-17(15)20/h3-9H,10H2,1-2H3. The minimum atomic E-state index is 0.670. The first-order valence-corrected chi connectivity index (χ1v) is 7.30. The predicted molar refractivity (Wildman–Crippen MR) is 87.0 cm³/mol. The van der Waals surface area contributed by atoms with E-state index in [1.165, 1.54) is 16.7 Å². The number of hydrogen-bond donors (Lipinski definition) is 0. The summed E-state index contributed by atoms with van der Waals surface area (Å²) in [7, 11) is 0. The van der Waals surface area contributed by atoms with Crippen LogP contribution < -0.4 is 0 Å². The zero-order valence-electron chi connectivity index (χ0n) is 11.5. The first kappa shape index (κ1) is 13.5. The van der Waals surface area contributed by atoms with Crippen molar-refractivity contribution in [3.05, 3.63) is 69.3 Å². The third-order valence-electron chi connectivity index (χ3n) is 3.65. The van der Waals surface area contributed by atoms with Crippen molar-refractivity contribution in [3.63, 3.8) is 0 Å². The SMILES string of the molecule is Cc1ccc(C)c(Cn2ccc3c(Cl)cc(Cl)cc32)c1. The molecule has 3 aromatic rings. The lowest BCUT2D eigenvalue weighted by atomic mass is 10.1. The van der Waals surface area contributed by atoms with Gasteiger partial charge in [-0.05, 0) is 43.2 Å². The Morgan fingerprint density at radius 1 is 1.00 bits per heavy atom. The molecule has 3 rings (SSSR count). The average Bonchev–Trinajstić information content (AvgIpc) is 2.77. The lowest BCUT2D eigenvalue weighted by Gasteiger charge is -2.10. The average molecular weight is 304 g/mol. The topological polar surface area (TPSA) is 4.93 Å². The van der Waals surface area contributed by atoms with Gasteiger partial charge in [-0.2, -0.15) is 0 Å². The summed E-state index contributed by atoms with van der Waals surface area (Å²) in [5.74, 6) is 0. The summed E-state index contributed by atoms with van der Waals surface area (Å²) >= 11 is 12.4. The highest BCUT2D eigenvalue weighted by atomic mass is 35.5. The Kier molecular flexibility index (Phi) is 3.49. The number of benzene rings is 2. The van der Waals surface area contributed by atoms with Gasteiger partial charge in [0.2, 0.25) is 0 Å². The quantitative estimate of drug-likeness (QED) is 0.579. The molecule has 0 radical (unpaired) electrons. The Balaban J connectivity index is 2.09. The van der Waals surface area contributed by atoms with Gasteiger partial charge in [0.15, 0.2) is 0 Å². The summed E-state index contributed by atoms with van der Waals surface area (Å²) < 4.78 is 2.19. The van der Waals surface area contributed by atoms with Crippen molar-refractivity contribution in [1.29, 1.82) is 0 Å². The van der Waals surface area contributed by atoms with Crippen LogP contribution in [0, 0.1) is 13.8 Å². The Bertz CT molecular complexity index is 787. The Morgan fingerprint density at radius 2 is 1.80 bits per heavy atom. The molecule has 0 unspecified atom stereocenters. The Morgan fingerprint density at radius 3 is 2.60 bits per heavy atom. The molecule has 0 bridgehead atoms. The molecular formula is C17H15Cl2N. The smallest absolute Gasteiger partial charge is 0.0514 e. The van der Waals surface area contributed by atoms with Crippen LogP contribution >= 0.6 is 23.2 Å². The second kappa shape index (κ2) is 5.16. The van der Waals surface area contributed by atoms with Crippen molar-refractivity contribution in [1.82, 2.24) is 4.57 Å². The molecule has 0 spiro atoms. The van der Waals surface area contributed by atoms with Gasteiger partial charge in [0.25, 0.3) is 0 Å². The number of rotatable bonds is 2. The lowest BCUT2D eigenvalue weighted by molar-refractivity contribution is 0.829. The van der Waals surface area contributed by atoms with Gasteiger partial charge in [-0.1, -0.05) is 47.0 Å². The molecule has 0 atom stereocenters. The van der Waals surface area contributed by atoms with Gasteiger partial charge in [0.05, 0.1) is 10.5 Å². The maximum absolute atomic E-state index is 6.24. The third-order valence-corrected chi connectivity index (χ3v) is 4.18. The zero-order valence-corrected chi connectivity index (χ0v) is 13.0. The predicted octanol–water partition coefficient (Wildman–Crippen LogP) is 5.61. The first-order chi connectivity index (χ1) is 9.54. The van der Waals surface area contributed by atoms with E-state index in [2.05, 4.69) is 42.8 Å². The van der Waals surface area contributed by atoms with Gasteiger partial charge in [-0.3, -0.25) is 0 Å². The molecule has 0 N–H and O–H groups in total. The molecule has 0 aliphatic rings. The number of hydrogen-bond acceptors (Lipinski definition) is 0. The maximum Gasteiger partial charge on any atom is 0.0514 e. The molecule has 20 heavy (non-hydrogen) atoms. The molecule has 0 aliphatic carbocycles. The second-order valence-electron chi connectivity index (χ2n) is 5.19. The van der Waals surface area contributed by atoms with E-state index in [1.54, 1.807) is 6.07 Å². The Hall–Kier alpha value is -1.44. The van der Waals surface area contributed by atoms with E-state index < -0.39 is 0 Å². The summed E-state index contributed by atoms with van der Waals surface area (Å²) in [5.41, 5.74) is 4.96. The van der Waals surface area contributed by atoms with Crippen LogP contribution in [0.5, 0.6) is 0 Å². The fraction of sp³-hybridized carbons (Fsp3) is 0.176. The molecule has 3 heteroatoms. The van der Waals surface area contributed by atoms with Crippen molar-refractivity contribution >= 4 is 34.1 Å². The third kappa shape index (κ3) is 2.44. The lowest BCUT2D eigenvalue weighted by Crippen LogP contribution is -2.00. The molecule has 1 aromatic heterocycles. The number of aromatic nitrogens is 1. The van der Waals surface area contributed by atoms with Crippen LogP contribution in [-0.4, -0.2) is 4.57 Å². The van der Waals surface area contributed by atoms with Crippen molar-refractivity contribution < 1.29 is 0 Å². The van der Waals surface area contributed by atoms with E-state index in [4.69, 9.17) is 23.2 Å². The van der Waals surface area contributed by atoms with Gasteiger partial charge in [0.1, 0.15) is 0 Å². The Labute approximate surface area is 128 Å². The van der Waals surface area contributed by atoms with Gasteiger partial charge >= 0.3 is 0 Å². The summed E-state index contributed by atoms with van der Waals surface area (Å²) in [6.07, 6.45) is 2.06. The molecule has 0 fully saturated rings. The fourth-order valence-corrected chi connectivity index (χ4v) is 3.06. The van der Waals surface area contributed by atoms with Gasteiger partial charge in [-0.15, -0.1) is 0 Å². The van der Waals surface area contributed by atoms with Crippen LogP contribution in [0.1, 0.15) is 16.7 Å². The number of fused-ring (bicyclic) bond motifs is 1. The van der Waals surface area contributed by atoms with Crippen molar-refractivity contribution in [2.75, 3.05) is 0 Å². The summed E-state index contributed by atoms with van der Waals surface area (Å²) in [5, 5.41) is 2.41. The van der Waals surface area contributed by atoms with Gasteiger partial charge in [-0.25, -0.2) is 0 Å². The van der Waals surface area contributed by atoms with Crippen LogP contribution in [0.4, 0.5) is 0 Å². The monoisotopic (exact) mass is 303 g/mol. The van der Waals surface area contributed by atoms with E-state index in [0.717, 1.165) is 17.4 Å². The minimum absolute atomic E-state index is 0.670. The highest BCUT2D eigenvalue weighted by Crippen LogP contribution is 2.29. The molecule has 0 aliphatic heterocycles. The first-order valence-electron chi connectivity index (χ1n) is 6.54. The minimum Gasteiger partial charge on any atom is -0.343 e. The van der Waals surface area contributed by atoms with E-state index in [0.29, 0.717) is 10.0 Å². The zero-order chi connectivity index (χ0) is 14.3. The van der Waals surface area contributed by atoms with Crippen molar-refractivity contribution in [2.24, 2.45) is 0 Å². The van der Waals surface area contributed by atoms with Crippen LogP contribution in [0.25, 0.3) is 10.9 Å². The van der Waals surface area contributed by atoms with Crippen LogP contribution in [-0.2, 0) is 6.54 Å². The van der Waals surface area contributed by atoms with E-state index in [1.807, 2.05) is 12.1 Å². The molecule has 1 nitrogen and oxygen atoms in total. The molecule has 102 valence electrons. The van der Waals surface area contributed by atoms with E-state index >= 15 is 0 Å². The molecule has 1 heterocycles. The largest absolute Gasteiger partial charge is 0.343 e. The van der Waals surface area contributed by atoms with E-state index in [9.17, 15) is 0 Å². The van der Waals surface area contributed by atoms with Crippen LogP contribution in [0.15, 0.2) is 42.6 Å². The molecule has 0 saturated carbocycles. The molecule has 2 aromatic carbocycles. The van der Waals surface area contributed by atoms with E-state index in [-0.39, 0.29) is 0 Å². The maximum atomic E-state index is 6.24. The molecule has 0 saturated heterocycles. The van der Waals surface area contributed by atoms with Gasteiger partial charge < -0.3 is 4.57 Å². The summed E-state index contributed by atoms with van der Waals surface area (Å²) in [4.78, 5) is 0. The number of nitrogens with zero attached hydrogens (tertiary/aromatic N) is 1. The van der Waals surface area contributed by atoms with Crippen molar-refractivity contribution in [2.45, 2.75) is 20.4 Å². The highest BCUT2D eigenvalue weighted by Gasteiger charge is 2.08. The van der Waals surface area contributed by atoms with Gasteiger partial charge in [0, 0.05) is 23.2 Å².